The van der Waals surface area contributed by atoms with Crippen molar-refractivity contribution in [3.05, 3.63) is 102 Å². The summed E-state index contributed by atoms with van der Waals surface area (Å²) in [6, 6.07) is 22.8. The third kappa shape index (κ3) is 4.66. The van der Waals surface area contributed by atoms with Crippen molar-refractivity contribution in [2.75, 3.05) is 22.9 Å². The van der Waals surface area contributed by atoms with E-state index in [1.807, 2.05) is 42.5 Å². The zero-order valence-corrected chi connectivity index (χ0v) is 22.7. The maximum atomic E-state index is 13.8. The van der Waals surface area contributed by atoms with Gasteiger partial charge in [-0.1, -0.05) is 35.6 Å². The molecule has 2 aromatic heterocycles. The third-order valence-electron chi connectivity index (χ3n) is 6.72. The maximum absolute atomic E-state index is 13.8. The summed E-state index contributed by atoms with van der Waals surface area (Å²) in [6.07, 6.45) is 3.15. The first kappa shape index (κ1) is 25.1. The van der Waals surface area contributed by atoms with Gasteiger partial charge in [-0.05, 0) is 73.0 Å². The first-order valence-corrected chi connectivity index (χ1v) is 14.7. The molecule has 1 aliphatic rings. The van der Waals surface area contributed by atoms with Crippen LogP contribution in [0.5, 0.6) is 5.75 Å². The molecule has 0 N–H and O–H groups in total. The Kier molecular flexibility index (Phi) is 6.58. The van der Waals surface area contributed by atoms with E-state index in [0.717, 1.165) is 23.1 Å². The predicted molar refractivity (Wildman–Crippen MR) is 151 cm³/mol. The summed E-state index contributed by atoms with van der Waals surface area (Å²) in [4.78, 5) is 20.2. The molecule has 0 unspecified atom stereocenters. The van der Waals surface area contributed by atoms with Gasteiger partial charge in [-0.2, -0.15) is 0 Å². The number of methoxy groups -OCH3 is 1. The number of benzene rings is 3. The molecular formula is C29H25N3O5S2. The minimum Gasteiger partial charge on any atom is -0.494 e. The van der Waals surface area contributed by atoms with Crippen LogP contribution in [-0.4, -0.2) is 33.0 Å². The average Bonchev–Trinajstić information content (AvgIpc) is 3.65. The number of furan rings is 1. The van der Waals surface area contributed by atoms with Crippen molar-refractivity contribution in [1.29, 1.82) is 0 Å². The Morgan fingerprint density at radius 1 is 1.05 bits per heavy atom. The van der Waals surface area contributed by atoms with Crippen molar-refractivity contribution in [3.8, 4) is 5.75 Å². The molecule has 0 fully saturated rings. The number of para-hydroxylation sites is 2. The number of carbonyl (C=O) groups is 1. The fourth-order valence-corrected chi connectivity index (χ4v) is 7.30. The normalized spacial score (nSPS) is 13.3. The second kappa shape index (κ2) is 10.2. The van der Waals surface area contributed by atoms with Gasteiger partial charge in [0.2, 0.25) is 0 Å². The molecule has 8 nitrogen and oxygen atoms in total. The van der Waals surface area contributed by atoms with Crippen molar-refractivity contribution in [1.82, 2.24) is 4.98 Å². The molecule has 6 rings (SSSR count). The first-order valence-electron chi connectivity index (χ1n) is 12.4. The van der Waals surface area contributed by atoms with E-state index in [9.17, 15) is 13.2 Å². The summed E-state index contributed by atoms with van der Waals surface area (Å²) >= 11 is 1.37. The number of hydrogen-bond donors (Lipinski definition) is 0. The Labute approximate surface area is 230 Å². The SMILES string of the molecule is COc1cccc2sc(N(Cc3ccco3)C(=O)c3ccc(S(=O)(=O)N4CCCc5ccccc54)cc3)nc12. The molecule has 0 bridgehead atoms. The Morgan fingerprint density at radius 3 is 2.64 bits per heavy atom. The predicted octanol–water partition coefficient (Wildman–Crippen LogP) is 5.89. The number of anilines is 2. The van der Waals surface area contributed by atoms with E-state index >= 15 is 0 Å². The van der Waals surface area contributed by atoms with Crippen LogP contribution in [0.15, 0.2) is 94.4 Å². The number of aryl methyl sites for hydroxylation is 1. The number of amides is 1. The Bertz CT molecular complexity index is 1750. The molecule has 0 aliphatic carbocycles. The van der Waals surface area contributed by atoms with Crippen molar-refractivity contribution >= 4 is 48.3 Å². The number of aromatic nitrogens is 1. The summed E-state index contributed by atoms with van der Waals surface area (Å²) in [5.41, 5.74) is 2.73. The topological polar surface area (TPSA) is 92.9 Å². The average molecular weight is 560 g/mol. The second-order valence-corrected chi connectivity index (χ2v) is 12.0. The fourth-order valence-electron chi connectivity index (χ4n) is 4.78. The number of carbonyl (C=O) groups excluding carboxylic acids is 1. The van der Waals surface area contributed by atoms with E-state index < -0.39 is 10.0 Å². The van der Waals surface area contributed by atoms with Crippen LogP contribution in [0.25, 0.3) is 10.2 Å². The molecule has 0 radical (unpaired) electrons. The summed E-state index contributed by atoms with van der Waals surface area (Å²) in [7, 11) is -2.21. The van der Waals surface area contributed by atoms with Gasteiger partial charge in [0.1, 0.15) is 17.0 Å². The van der Waals surface area contributed by atoms with E-state index in [-0.39, 0.29) is 17.3 Å². The second-order valence-electron chi connectivity index (χ2n) is 9.11. The molecule has 5 aromatic rings. The lowest BCUT2D eigenvalue weighted by atomic mass is 10.0. The number of hydrogen-bond acceptors (Lipinski definition) is 7. The number of thiazole rings is 1. The van der Waals surface area contributed by atoms with Gasteiger partial charge < -0.3 is 9.15 Å². The molecule has 0 saturated heterocycles. The zero-order valence-electron chi connectivity index (χ0n) is 21.1. The molecule has 3 aromatic carbocycles. The monoisotopic (exact) mass is 559 g/mol. The summed E-state index contributed by atoms with van der Waals surface area (Å²) in [5.74, 6) is 0.892. The van der Waals surface area contributed by atoms with E-state index in [0.29, 0.717) is 40.0 Å². The molecule has 39 heavy (non-hydrogen) atoms. The third-order valence-corrected chi connectivity index (χ3v) is 9.59. The standard InChI is InChI=1S/C29H25N3O5S2/c1-36-25-11-4-12-26-27(25)30-29(38-26)31(19-22-9-6-18-37-22)28(33)21-13-15-23(16-14-21)39(34,35)32-17-5-8-20-7-2-3-10-24(20)32/h2-4,6-7,9-16,18H,5,8,17,19H2,1H3. The smallest absolute Gasteiger partial charge is 0.264 e. The highest BCUT2D eigenvalue weighted by atomic mass is 32.2. The van der Waals surface area contributed by atoms with E-state index in [1.54, 1.807) is 37.6 Å². The molecule has 3 heterocycles. The molecular weight excluding hydrogens is 534 g/mol. The largest absolute Gasteiger partial charge is 0.494 e. The number of rotatable bonds is 7. The van der Waals surface area contributed by atoms with Crippen molar-refractivity contribution in [3.63, 3.8) is 0 Å². The van der Waals surface area contributed by atoms with E-state index in [1.165, 1.54) is 32.7 Å². The van der Waals surface area contributed by atoms with Gasteiger partial charge in [-0.15, -0.1) is 0 Å². The van der Waals surface area contributed by atoms with E-state index in [2.05, 4.69) is 0 Å². The van der Waals surface area contributed by atoms with Crippen LogP contribution in [0.1, 0.15) is 28.1 Å². The Morgan fingerprint density at radius 2 is 1.87 bits per heavy atom. The minimum absolute atomic E-state index is 0.137. The van der Waals surface area contributed by atoms with Gasteiger partial charge in [-0.3, -0.25) is 14.0 Å². The number of ether oxygens (including phenoxy) is 1. The van der Waals surface area contributed by atoms with Gasteiger partial charge >= 0.3 is 0 Å². The van der Waals surface area contributed by atoms with Crippen molar-refractivity contribution < 1.29 is 22.4 Å². The van der Waals surface area contributed by atoms with Crippen LogP contribution in [0.3, 0.4) is 0 Å². The van der Waals surface area contributed by atoms with Crippen molar-refractivity contribution in [2.45, 2.75) is 24.3 Å². The van der Waals surface area contributed by atoms with Crippen LogP contribution < -0.4 is 13.9 Å². The lowest BCUT2D eigenvalue weighted by Crippen LogP contribution is -2.35. The number of fused-ring (bicyclic) bond motifs is 2. The van der Waals surface area contributed by atoms with Crippen LogP contribution >= 0.6 is 11.3 Å². The Balaban J connectivity index is 1.33. The minimum atomic E-state index is -3.79. The lowest BCUT2D eigenvalue weighted by Gasteiger charge is -2.30. The number of sulfonamides is 1. The molecule has 1 aliphatic heterocycles. The summed E-state index contributed by atoms with van der Waals surface area (Å²) in [5, 5.41) is 0.484. The number of nitrogens with zero attached hydrogens (tertiary/aromatic N) is 3. The lowest BCUT2D eigenvalue weighted by molar-refractivity contribution is 0.0983. The highest BCUT2D eigenvalue weighted by molar-refractivity contribution is 7.92. The highest BCUT2D eigenvalue weighted by Crippen LogP contribution is 2.36. The maximum Gasteiger partial charge on any atom is 0.264 e. The van der Waals surface area contributed by atoms with Gasteiger partial charge in [0.15, 0.2) is 5.13 Å². The molecule has 198 valence electrons. The van der Waals surface area contributed by atoms with Crippen LogP contribution in [0.4, 0.5) is 10.8 Å². The van der Waals surface area contributed by atoms with Crippen LogP contribution in [0, 0.1) is 0 Å². The fraction of sp³-hybridized carbons (Fsp3) is 0.172. The zero-order chi connectivity index (χ0) is 27.0. The quantitative estimate of drug-likeness (QED) is 0.247. The first-order chi connectivity index (χ1) is 19.0. The summed E-state index contributed by atoms with van der Waals surface area (Å²) < 4.78 is 40.4. The molecule has 0 spiro atoms. The highest BCUT2D eigenvalue weighted by Gasteiger charge is 2.30. The van der Waals surface area contributed by atoms with Gasteiger partial charge in [-0.25, -0.2) is 13.4 Å². The molecule has 1 amide bonds. The van der Waals surface area contributed by atoms with Crippen molar-refractivity contribution in [2.24, 2.45) is 0 Å². The van der Waals surface area contributed by atoms with Gasteiger partial charge in [0.05, 0.1) is 35.2 Å². The molecule has 0 atom stereocenters. The molecule has 10 heteroatoms. The Hall–Kier alpha value is -4.15. The summed E-state index contributed by atoms with van der Waals surface area (Å²) in [6.45, 7) is 0.580. The van der Waals surface area contributed by atoms with Crippen LogP contribution in [-0.2, 0) is 23.0 Å². The molecule has 0 saturated carbocycles. The van der Waals surface area contributed by atoms with Gasteiger partial charge in [0.25, 0.3) is 15.9 Å². The van der Waals surface area contributed by atoms with Crippen LogP contribution in [0.2, 0.25) is 0 Å². The van der Waals surface area contributed by atoms with Gasteiger partial charge in [0, 0.05) is 12.1 Å². The van der Waals surface area contributed by atoms with E-state index in [4.69, 9.17) is 14.1 Å².